The zero-order valence-electron chi connectivity index (χ0n) is 9.18. The van der Waals surface area contributed by atoms with Gasteiger partial charge in [0.2, 0.25) is 5.88 Å². The van der Waals surface area contributed by atoms with Crippen molar-refractivity contribution in [1.29, 1.82) is 0 Å². The molecule has 16 heavy (non-hydrogen) atoms. The second-order valence-electron chi connectivity index (χ2n) is 3.55. The zero-order chi connectivity index (χ0) is 11.4. The largest absolute Gasteiger partial charge is 0.453 e. The Bertz CT molecular complexity index is 390. The highest BCUT2D eigenvalue weighted by molar-refractivity contribution is 5.29. The van der Waals surface area contributed by atoms with Crippen LogP contribution in [-0.4, -0.2) is 13.7 Å². The number of hydrogen-bond acceptors (Lipinski definition) is 4. The average Bonchev–Trinajstić information content (AvgIpc) is 2.73. The molecule has 1 aliphatic rings. The Labute approximate surface area is 94.6 Å². The lowest BCUT2D eigenvalue weighted by atomic mass is 10.0. The summed E-state index contributed by atoms with van der Waals surface area (Å²) in [6.45, 7) is 0.673. The lowest BCUT2D eigenvalue weighted by Crippen LogP contribution is -2.07. The van der Waals surface area contributed by atoms with E-state index in [1.165, 1.54) is 6.26 Å². The SMILES string of the molecule is COCCc1ccccc1C1OC=C(N)O1. The molecule has 0 bridgehead atoms. The molecule has 4 heteroatoms. The van der Waals surface area contributed by atoms with Gasteiger partial charge in [-0.2, -0.15) is 0 Å². The molecule has 2 rings (SSSR count). The Morgan fingerprint density at radius 2 is 2.19 bits per heavy atom. The Hall–Kier alpha value is -1.68. The van der Waals surface area contributed by atoms with E-state index in [1.807, 2.05) is 24.3 Å². The number of hydrogen-bond donors (Lipinski definition) is 1. The summed E-state index contributed by atoms with van der Waals surface area (Å²) in [5, 5.41) is 0. The van der Waals surface area contributed by atoms with Crippen LogP contribution < -0.4 is 5.73 Å². The highest BCUT2D eigenvalue weighted by Crippen LogP contribution is 2.28. The maximum atomic E-state index is 5.50. The van der Waals surface area contributed by atoms with Gasteiger partial charge in [0.1, 0.15) is 6.26 Å². The van der Waals surface area contributed by atoms with Crippen LogP contribution in [0.25, 0.3) is 0 Å². The highest BCUT2D eigenvalue weighted by atomic mass is 16.7. The van der Waals surface area contributed by atoms with Crippen LogP contribution in [0.2, 0.25) is 0 Å². The molecule has 86 valence electrons. The molecular formula is C12H15NO3. The van der Waals surface area contributed by atoms with Crippen molar-refractivity contribution in [2.75, 3.05) is 13.7 Å². The van der Waals surface area contributed by atoms with Crippen LogP contribution in [0.15, 0.2) is 36.4 Å². The minimum absolute atomic E-state index is 0.312. The fourth-order valence-corrected chi connectivity index (χ4v) is 1.65. The fraction of sp³-hybridized carbons (Fsp3) is 0.333. The Morgan fingerprint density at radius 1 is 1.38 bits per heavy atom. The third-order valence-corrected chi connectivity index (χ3v) is 2.44. The molecule has 1 aliphatic heterocycles. The molecule has 0 radical (unpaired) electrons. The van der Waals surface area contributed by atoms with Crippen molar-refractivity contribution in [2.45, 2.75) is 12.7 Å². The molecule has 1 heterocycles. The summed E-state index contributed by atoms with van der Waals surface area (Å²) >= 11 is 0. The van der Waals surface area contributed by atoms with E-state index in [2.05, 4.69) is 0 Å². The van der Waals surface area contributed by atoms with Gasteiger partial charge < -0.3 is 19.9 Å². The summed E-state index contributed by atoms with van der Waals surface area (Å²) in [5.41, 5.74) is 7.65. The summed E-state index contributed by atoms with van der Waals surface area (Å²) in [6, 6.07) is 7.95. The minimum atomic E-state index is -0.423. The predicted molar refractivity (Wildman–Crippen MR) is 59.2 cm³/mol. The van der Waals surface area contributed by atoms with Gasteiger partial charge in [0.05, 0.1) is 6.61 Å². The molecule has 0 amide bonds. The summed E-state index contributed by atoms with van der Waals surface area (Å²) < 4.78 is 15.7. The lowest BCUT2D eigenvalue weighted by Gasteiger charge is -2.15. The molecule has 0 fully saturated rings. The minimum Gasteiger partial charge on any atom is -0.453 e. The normalized spacial score (nSPS) is 18.8. The number of methoxy groups -OCH3 is 1. The number of ether oxygens (including phenoxy) is 3. The van der Waals surface area contributed by atoms with Gasteiger partial charge in [-0.05, 0) is 12.0 Å². The predicted octanol–water partition coefficient (Wildman–Crippen LogP) is 1.68. The summed E-state index contributed by atoms with van der Waals surface area (Å²) in [7, 11) is 1.69. The van der Waals surface area contributed by atoms with E-state index in [1.54, 1.807) is 7.11 Å². The van der Waals surface area contributed by atoms with E-state index in [9.17, 15) is 0 Å². The maximum Gasteiger partial charge on any atom is 0.269 e. The molecule has 1 aromatic carbocycles. The van der Waals surface area contributed by atoms with E-state index >= 15 is 0 Å². The molecule has 0 aliphatic carbocycles. The van der Waals surface area contributed by atoms with Crippen LogP contribution in [0.4, 0.5) is 0 Å². The van der Waals surface area contributed by atoms with E-state index in [-0.39, 0.29) is 0 Å². The van der Waals surface area contributed by atoms with Crippen molar-refractivity contribution in [3.63, 3.8) is 0 Å². The first kappa shape index (κ1) is 10.8. The molecule has 1 unspecified atom stereocenters. The van der Waals surface area contributed by atoms with Crippen LogP contribution in [-0.2, 0) is 20.6 Å². The van der Waals surface area contributed by atoms with Gasteiger partial charge >= 0.3 is 0 Å². The second kappa shape index (κ2) is 4.90. The van der Waals surface area contributed by atoms with Gasteiger partial charge in [-0.1, -0.05) is 24.3 Å². The number of nitrogens with two attached hydrogens (primary N) is 1. The smallest absolute Gasteiger partial charge is 0.269 e. The Kier molecular flexibility index (Phi) is 3.31. The lowest BCUT2D eigenvalue weighted by molar-refractivity contribution is -0.0349. The second-order valence-corrected chi connectivity index (χ2v) is 3.55. The molecule has 0 aromatic heterocycles. The fourth-order valence-electron chi connectivity index (χ4n) is 1.65. The van der Waals surface area contributed by atoms with Gasteiger partial charge in [0.15, 0.2) is 0 Å². The molecule has 1 aromatic rings. The third kappa shape index (κ3) is 2.28. The molecule has 4 nitrogen and oxygen atoms in total. The number of benzene rings is 1. The first-order valence-electron chi connectivity index (χ1n) is 5.16. The summed E-state index contributed by atoms with van der Waals surface area (Å²) in [4.78, 5) is 0. The van der Waals surface area contributed by atoms with Crippen LogP contribution in [0, 0.1) is 0 Å². The molecule has 0 saturated heterocycles. The standard InChI is InChI=1S/C12H15NO3/c1-14-7-6-9-4-2-3-5-10(9)12-15-8-11(13)16-12/h2-5,8,12H,6-7,13H2,1H3. The van der Waals surface area contributed by atoms with E-state index < -0.39 is 6.29 Å². The van der Waals surface area contributed by atoms with Gasteiger partial charge in [-0.3, -0.25) is 0 Å². The van der Waals surface area contributed by atoms with Crippen LogP contribution in [0.3, 0.4) is 0 Å². The van der Waals surface area contributed by atoms with Crippen LogP contribution in [0.1, 0.15) is 17.4 Å². The quantitative estimate of drug-likeness (QED) is 0.840. The maximum absolute atomic E-state index is 5.50. The van der Waals surface area contributed by atoms with Gasteiger partial charge in [-0.15, -0.1) is 0 Å². The third-order valence-electron chi connectivity index (χ3n) is 2.44. The van der Waals surface area contributed by atoms with Gasteiger partial charge in [0.25, 0.3) is 6.29 Å². The molecule has 0 saturated carbocycles. The molecule has 2 N–H and O–H groups in total. The van der Waals surface area contributed by atoms with E-state index in [0.717, 1.165) is 17.5 Å². The van der Waals surface area contributed by atoms with E-state index in [4.69, 9.17) is 19.9 Å². The van der Waals surface area contributed by atoms with Gasteiger partial charge in [0, 0.05) is 12.7 Å². The summed E-state index contributed by atoms with van der Waals surface area (Å²) in [6.07, 6.45) is 1.83. The monoisotopic (exact) mass is 221 g/mol. The topological polar surface area (TPSA) is 53.7 Å². The van der Waals surface area contributed by atoms with Crippen molar-refractivity contribution < 1.29 is 14.2 Å². The zero-order valence-corrected chi connectivity index (χ0v) is 9.18. The van der Waals surface area contributed by atoms with Crippen molar-refractivity contribution in [2.24, 2.45) is 5.73 Å². The first-order chi connectivity index (χ1) is 7.81. The molecular weight excluding hydrogens is 206 g/mol. The van der Waals surface area contributed by atoms with E-state index in [0.29, 0.717) is 12.5 Å². The Balaban J connectivity index is 2.13. The average molecular weight is 221 g/mol. The molecule has 1 atom stereocenters. The van der Waals surface area contributed by atoms with Gasteiger partial charge in [-0.25, -0.2) is 0 Å². The van der Waals surface area contributed by atoms with Crippen molar-refractivity contribution in [3.05, 3.63) is 47.5 Å². The van der Waals surface area contributed by atoms with Crippen molar-refractivity contribution in [3.8, 4) is 0 Å². The van der Waals surface area contributed by atoms with Crippen LogP contribution in [0.5, 0.6) is 0 Å². The van der Waals surface area contributed by atoms with Crippen molar-refractivity contribution >= 4 is 0 Å². The van der Waals surface area contributed by atoms with Crippen LogP contribution >= 0.6 is 0 Å². The summed E-state index contributed by atoms with van der Waals surface area (Å²) in [5.74, 6) is 0.312. The first-order valence-corrected chi connectivity index (χ1v) is 5.16. The van der Waals surface area contributed by atoms with Crippen molar-refractivity contribution in [1.82, 2.24) is 0 Å². The number of rotatable bonds is 4. The highest BCUT2D eigenvalue weighted by Gasteiger charge is 2.21. The Morgan fingerprint density at radius 3 is 2.88 bits per heavy atom. The molecule has 0 spiro atoms.